The van der Waals surface area contributed by atoms with Crippen LogP contribution in [0.5, 0.6) is 5.75 Å². The smallest absolute Gasteiger partial charge is 0.170 e. The highest BCUT2D eigenvalue weighted by Crippen LogP contribution is 2.15. The molecule has 4 heteroatoms. The highest BCUT2D eigenvalue weighted by molar-refractivity contribution is 7.80. The molecule has 21 heavy (non-hydrogen) atoms. The van der Waals surface area contributed by atoms with Crippen molar-refractivity contribution in [2.75, 3.05) is 18.5 Å². The Morgan fingerprint density at radius 2 is 1.76 bits per heavy atom. The third-order valence-corrected chi connectivity index (χ3v) is 3.21. The van der Waals surface area contributed by atoms with Crippen molar-refractivity contribution in [2.24, 2.45) is 0 Å². The molecule has 0 atom stereocenters. The second-order valence-corrected chi connectivity index (χ2v) is 4.98. The molecule has 0 fully saturated rings. The van der Waals surface area contributed by atoms with Gasteiger partial charge in [-0.1, -0.05) is 30.3 Å². The first-order valence-electron chi connectivity index (χ1n) is 7.09. The minimum atomic E-state index is 0.634. The van der Waals surface area contributed by atoms with Crippen molar-refractivity contribution in [2.45, 2.75) is 13.3 Å². The lowest BCUT2D eigenvalue weighted by molar-refractivity contribution is 0.340. The molecule has 2 aromatic carbocycles. The summed E-state index contributed by atoms with van der Waals surface area (Å²) in [6, 6.07) is 18.1. The van der Waals surface area contributed by atoms with Gasteiger partial charge in [0, 0.05) is 12.2 Å². The van der Waals surface area contributed by atoms with Crippen molar-refractivity contribution < 1.29 is 4.74 Å². The maximum Gasteiger partial charge on any atom is 0.170 e. The van der Waals surface area contributed by atoms with Gasteiger partial charge in [-0.15, -0.1) is 0 Å². The highest BCUT2D eigenvalue weighted by atomic mass is 32.1. The summed E-state index contributed by atoms with van der Waals surface area (Å²) >= 11 is 5.28. The molecular weight excluding hydrogens is 280 g/mol. The number of rotatable bonds is 6. The molecule has 0 radical (unpaired) electrons. The van der Waals surface area contributed by atoms with Crippen molar-refractivity contribution in [3.8, 4) is 5.75 Å². The first-order valence-corrected chi connectivity index (χ1v) is 7.50. The minimum absolute atomic E-state index is 0.634. The summed E-state index contributed by atoms with van der Waals surface area (Å²) in [6.45, 7) is 3.46. The molecule has 0 aromatic heterocycles. The van der Waals surface area contributed by atoms with Crippen LogP contribution in [0.4, 0.5) is 5.69 Å². The van der Waals surface area contributed by atoms with Crippen LogP contribution < -0.4 is 15.4 Å². The van der Waals surface area contributed by atoms with Crippen LogP contribution >= 0.6 is 12.2 Å². The topological polar surface area (TPSA) is 33.3 Å². The van der Waals surface area contributed by atoms with Gasteiger partial charge in [0.2, 0.25) is 0 Å². The van der Waals surface area contributed by atoms with Crippen LogP contribution in [-0.4, -0.2) is 18.3 Å². The largest absolute Gasteiger partial charge is 0.494 e. The summed E-state index contributed by atoms with van der Waals surface area (Å²) in [5, 5.41) is 7.01. The van der Waals surface area contributed by atoms with E-state index in [1.807, 2.05) is 49.4 Å². The van der Waals surface area contributed by atoms with Gasteiger partial charge in [0.05, 0.1) is 6.61 Å². The monoisotopic (exact) mass is 300 g/mol. The molecule has 0 saturated heterocycles. The van der Waals surface area contributed by atoms with E-state index in [9.17, 15) is 0 Å². The van der Waals surface area contributed by atoms with Crippen molar-refractivity contribution in [3.05, 3.63) is 60.2 Å². The molecule has 2 N–H and O–H groups in total. The van der Waals surface area contributed by atoms with Crippen LogP contribution in [0.15, 0.2) is 54.6 Å². The van der Waals surface area contributed by atoms with Gasteiger partial charge >= 0.3 is 0 Å². The predicted octanol–water partition coefficient (Wildman–Crippen LogP) is 3.61. The fourth-order valence-electron chi connectivity index (χ4n) is 1.94. The Bertz CT molecular complexity index is 555. The van der Waals surface area contributed by atoms with Crippen molar-refractivity contribution in [1.82, 2.24) is 5.32 Å². The first-order chi connectivity index (χ1) is 10.3. The maximum atomic E-state index is 5.40. The van der Waals surface area contributed by atoms with Gasteiger partial charge < -0.3 is 15.4 Å². The standard InChI is InChI=1S/C17H20N2OS/c1-2-20-16-10-8-15(9-11-16)19-17(21)18-13-12-14-6-4-3-5-7-14/h3-11H,2,12-13H2,1H3,(H2,18,19,21). The number of ether oxygens (including phenoxy) is 1. The summed E-state index contributed by atoms with van der Waals surface area (Å²) in [6.07, 6.45) is 0.950. The molecule has 2 aromatic rings. The van der Waals surface area contributed by atoms with Crippen LogP contribution in [0.3, 0.4) is 0 Å². The zero-order valence-electron chi connectivity index (χ0n) is 12.1. The van der Waals surface area contributed by atoms with Crippen LogP contribution in [0, 0.1) is 0 Å². The van der Waals surface area contributed by atoms with Crippen LogP contribution in [0.25, 0.3) is 0 Å². The summed E-state index contributed by atoms with van der Waals surface area (Å²) < 4.78 is 5.40. The van der Waals surface area contributed by atoms with Gasteiger partial charge in [0.1, 0.15) is 5.75 Å². The van der Waals surface area contributed by atoms with Gasteiger partial charge in [-0.3, -0.25) is 0 Å². The molecule has 0 spiro atoms. The molecule has 0 amide bonds. The Labute approximate surface area is 131 Å². The van der Waals surface area contributed by atoms with Gasteiger partial charge in [-0.05, 0) is 55.4 Å². The van der Waals surface area contributed by atoms with Crippen LogP contribution in [0.2, 0.25) is 0 Å². The van der Waals surface area contributed by atoms with E-state index in [0.717, 1.165) is 24.4 Å². The lowest BCUT2D eigenvalue weighted by atomic mass is 10.1. The van der Waals surface area contributed by atoms with Crippen molar-refractivity contribution in [1.29, 1.82) is 0 Å². The normalized spacial score (nSPS) is 9.95. The highest BCUT2D eigenvalue weighted by Gasteiger charge is 1.99. The second-order valence-electron chi connectivity index (χ2n) is 4.57. The third kappa shape index (κ3) is 5.44. The van der Waals surface area contributed by atoms with E-state index < -0.39 is 0 Å². The minimum Gasteiger partial charge on any atom is -0.494 e. The van der Waals surface area contributed by atoms with Gasteiger partial charge in [-0.25, -0.2) is 0 Å². The molecule has 110 valence electrons. The van der Waals surface area contributed by atoms with E-state index in [4.69, 9.17) is 17.0 Å². The quantitative estimate of drug-likeness (QED) is 0.798. The number of anilines is 1. The second kappa shape index (κ2) is 8.27. The zero-order valence-corrected chi connectivity index (χ0v) is 13.0. The number of thiocarbonyl (C=S) groups is 1. The molecule has 0 aliphatic carbocycles. The fourth-order valence-corrected chi connectivity index (χ4v) is 2.16. The average molecular weight is 300 g/mol. The number of hydrogen-bond acceptors (Lipinski definition) is 2. The van der Waals surface area contributed by atoms with E-state index in [1.54, 1.807) is 0 Å². The van der Waals surface area contributed by atoms with Gasteiger partial charge in [0.25, 0.3) is 0 Å². The number of benzene rings is 2. The summed E-state index contributed by atoms with van der Waals surface area (Å²) in [5.74, 6) is 0.867. The van der Waals surface area contributed by atoms with Crippen LogP contribution in [-0.2, 0) is 6.42 Å². The van der Waals surface area contributed by atoms with Crippen molar-refractivity contribution in [3.63, 3.8) is 0 Å². The number of hydrogen-bond donors (Lipinski definition) is 2. The number of nitrogens with one attached hydrogen (secondary N) is 2. The summed E-state index contributed by atoms with van der Waals surface area (Å²) in [5.41, 5.74) is 2.25. The Morgan fingerprint density at radius 3 is 2.43 bits per heavy atom. The van der Waals surface area contributed by atoms with E-state index in [0.29, 0.717) is 11.7 Å². The molecule has 0 heterocycles. The molecule has 0 aliphatic rings. The van der Waals surface area contributed by atoms with Gasteiger partial charge in [0.15, 0.2) is 5.11 Å². The molecular formula is C17H20N2OS. The molecule has 0 aliphatic heterocycles. The van der Waals surface area contributed by atoms with Crippen LogP contribution in [0.1, 0.15) is 12.5 Å². The van der Waals surface area contributed by atoms with E-state index in [1.165, 1.54) is 5.56 Å². The van der Waals surface area contributed by atoms with E-state index in [2.05, 4.69) is 22.8 Å². The molecule has 0 saturated carbocycles. The van der Waals surface area contributed by atoms with Crippen molar-refractivity contribution >= 4 is 23.0 Å². The third-order valence-electron chi connectivity index (χ3n) is 2.97. The molecule has 3 nitrogen and oxygen atoms in total. The summed E-state index contributed by atoms with van der Waals surface area (Å²) in [4.78, 5) is 0. The lowest BCUT2D eigenvalue weighted by Crippen LogP contribution is -2.30. The fraction of sp³-hybridized carbons (Fsp3) is 0.235. The predicted molar refractivity (Wildman–Crippen MR) is 92.0 cm³/mol. The average Bonchev–Trinajstić information content (AvgIpc) is 2.51. The maximum absolute atomic E-state index is 5.40. The Balaban J connectivity index is 1.74. The lowest BCUT2D eigenvalue weighted by Gasteiger charge is -2.11. The van der Waals surface area contributed by atoms with E-state index >= 15 is 0 Å². The molecule has 0 bridgehead atoms. The Kier molecular flexibility index (Phi) is 6.03. The molecule has 0 unspecified atom stereocenters. The Hall–Kier alpha value is -2.07. The molecule has 2 rings (SSSR count). The SMILES string of the molecule is CCOc1ccc(NC(=S)NCCc2ccccc2)cc1. The summed E-state index contributed by atoms with van der Waals surface area (Å²) in [7, 11) is 0. The van der Waals surface area contributed by atoms with E-state index in [-0.39, 0.29) is 0 Å². The Morgan fingerprint density at radius 1 is 1.05 bits per heavy atom. The van der Waals surface area contributed by atoms with Gasteiger partial charge in [-0.2, -0.15) is 0 Å². The zero-order chi connectivity index (χ0) is 14.9. The first kappa shape index (κ1) is 15.3.